The molecule has 0 aliphatic carbocycles. The van der Waals surface area contributed by atoms with Crippen LogP contribution < -0.4 is 9.47 Å². The van der Waals surface area contributed by atoms with Gasteiger partial charge >= 0.3 is 5.97 Å². The highest BCUT2D eigenvalue weighted by molar-refractivity contribution is 5.77. The lowest BCUT2D eigenvalue weighted by Gasteiger charge is -2.21. The summed E-state index contributed by atoms with van der Waals surface area (Å²) in [6, 6.07) is 3.38. The molecule has 1 aliphatic heterocycles. The van der Waals surface area contributed by atoms with Crippen LogP contribution in [0.2, 0.25) is 0 Å². The molecule has 0 unspecified atom stereocenters. The molecular weight excluding hydrogens is 266 g/mol. The van der Waals surface area contributed by atoms with Gasteiger partial charge in [0, 0.05) is 4.91 Å². The number of fused-ring (bicyclic) bond motifs is 1. The number of aliphatic hydroxyl groups excluding tert-OH is 1. The van der Waals surface area contributed by atoms with Crippen LogP contribution in [0.5, 0.6) is 11.5 Å². The Bertz CT molecular complexity index is 556. The molecule has 2 atom stereocenters. The molecule has 0 aromatic heterocycles. The molecule has 0 saturated heterocycles. The van der Waals surface area contributed by atoms with E-state index >= 15 is 0 Å². The van der Waals surface area contributed by atoms with Crippen molar-refractivity contribution in [1.82, 2.24) is 0 Å². The molecule has 1 aliphatic rings. The summed E-state index contributed by atoms with van der Waals surface area (Å²) in [5, 5.41) is 13.4. The van der Waals surface area contributed by atoms with Crippen molar-refractivity contribution in [3.8, 4) is 11.5 Å². The van der Waals surface area contributed by atoms with Crippen LogP contribution >= 0.6 is 0 Å². The number of aliphatic hydroxyl groups is 1. The van der Waals surface area contributed by atoms with Gasteiger partial charge in [-0.3, -0.25) is 4.79 Å². The van der Waals surface area contributed by atoms with Crippen LogP contribution in [0, 0.1) is 0 Å². The Kier molecular flexibility index (Phi) is 4.29. The first kappa shape index (κ1) is 14.0. The Morgan fingerprint density at radius 3 is 2.80 bits per heavy atom. The van der Waals surface area contributed by atoms with Gasteiger partial charge in [0.2, 0.25) is 0 Å². The van der Waals surface area contributed by atoms with E-state index in [0.29, 0.717) is 30.3 Å². The third-order valence-electron chi connectivity index (χ3n) is 2.83. The zero-order valence-electron chi connectivity index (χ0n) is 10.7. The second-order valence-corrected chi connectivity index (χ2v) is 4.02. The Balaban J connectivity index is 2.29. The van der Waals surface area contributed by atoms with Gasteiger partial charge in [-0.15, -0.1) is 0 Å². The number of ether oxygens (including phenoxy) is 3. The van der Waals surface area contributed by atoms with Crippen LogP contribution in [0.25, 0.3) is 10.4 Å². The van der Waals surface area contributed by atoms with Gasteiger partial charge in [-0.25, -0.2) is 0 Å². The van der Waals surface area contributed by atoms with Crippen molar-refractivity contribution in [3.63, 3.8) is 0 Å². The summed E-state index contributed by atoms with van der Waals surface area (Å²) >= 11 is 0. The van der Waals surface area contributed by atoms with E-state index in [2.05, 4.69) is 14.8 Å². The van der Waals surface area contributed by atoms with E-state index in [-0.39, 0.29) is 0 Å². The second-order valence-electron chi connectivity index (χ2n) is 4.02. The number of carbonyl (C=O) groups is 1. The molecule has 0 fully saturated rings. The average molecular weight is 279 g/mol. The predicted molar refractivity (Wildman–Crippen MR) is 67.3 cm³/mol. The van der Waals surface area contributed by atoms with E-state index in [9.17, 15) is 9.90 Å². The fraction of sp³-hybridized carbons (Fsp3) is 0.417. The summed E-state index contributed by atoms with van der Waals surface area (Å²) in [6.45, 7) is 0.863. The van der Waals surface area contributed by atoms with Crippen LogP contribution in [0.3, 0.4) is 0 Å². The first-order valence-corrected chi connectivity index (χ1v) is 5.87. The summed E-state index contributed by atoms with van der Waals surface area (Å²) < 4.78 is 15.2. The van der Waals surface area contributed by atoms with Gasteiger partial charge in [-0.1, -0.05) is 11.2 Å². The maximum Gasteiger partial charge on any atom is 0.317 e. The number of hydrogen-bond acceptors (Lipinski definition) is 6. The van der Waals surface area contributed by atoms with Gasteiger partial charge in [-0.2, -0.15) is 0 Å². The lowest BCUT2D eigenvalue weighted by Crippen LogP contribution is -2.27. The van der Waals surface area contributed by atoms with Crippen LogP contribution in [0.4, 0.5) is 0 Å². The van der Waals surface area contributed by atoms with Gasteiger partial charge in [0.25, 0.3) is 0 Å². The molecule has 8 heteroatoms. The third-order valence-corrected chi connectivity index (χ3v) is 2.83. The smallest absolute Gasteiger partial charge is 0.317 e. The zero-order valence-corrected chi connectivity index (χ0v) is 10.7. The zero-order chi connectivity index (χ0) is 14.5. The summed E-state index contributed by atoms with van der Waals surface area (Å²) in [4.78, 5) is 14.0. The van der Waals surface area contributed by atoms with E-state index < -0.39 is 18.1 Å². The number of hydrogen-bond donors (Lipinski definition) is 1. The minimum Gasteiger partial charge on any atom is -0.486 e. The Labute approximate surface area is 114 Å². The summed E-state index contributed by atoms with van der Waals surface area (Å²) in [7, 11) is 1.15. The SMILES string of the molecule is COC(=O)[C@@H](N=[N+]=[N-])[C@H](O)c1ccc2c(c1)OCCO2. The average Bonchev–Trinajstić information content (AvgIpc) is 2.50. The van der Waals surface area contributed by atoms with E-state index in [4.69, 9.17) is 15.0 Å². The molecule has 0 radical (unpaired) electrons. The first-order chi connectivity index (χ1) is 9.67. The molecule has 0 spiro atoms. The molecule has 20 heavy (non-hydrogen) atoms. The van der Waals surface area contributed by atoms with Gasteiger partial charge < -0.3 is 19.3 Å². The summed E-state index contributed by atoms with van der Waals surface area (Å²) in [5.74, 6) is 0.216. The van der Waals surface area contributed by atoms with Crippen molar-refractivity contribution in [1.29, 1.82) is 0 Å². The van der Waals surface area contributed by atoms with E-state index in [1.165, 1.54) is 0 Å². The summed E-state index contributed by atoms with van der Waals surface area (Å²) in [5.41, 5.74) is 8.84. The highest BCUT2D eigenvalue weighted by Crippen LogP contribution is 2.33. The standard InChI is InChI=1S/C12H13N3O5/c1-18-12(17)10(14-15-13)11(16)7-2-3-8-9(6-7)20-5-4-19-8/h2-3,6,10-11,16H,4-5H2,1H3/t10-,11+/m0/s1. The first-order valence-electron chi connectivity index (χ1n) is 5.87. The van der Waals surface area contributed by atoms with Gasteiger partial charge in [-0.05, 0) is 23.2 Å². The molecule has 0 amide bonds. The Morgan fingerprint density at radius 1 is 1.45 bits per heavy atom. The molecule has 8 nitrogen and oxygen atoms in total. The minimum absolute atomic E-state index is 0.372. The van der Waals surface area contributed by atoms with Gasteiger partial charge in [0.05, 0.1) is 13.2 Å². The summed E-state index contributed by atoms with van der Waals surface area (Å²) in [6.07, 6.45) is -1.32. The van der Waals surface area contributed by atoms with Crippen LogP contribution in [0.15, 0.2) is 23.3 Å². The lowest BCUT2D eigenvalue weighted by atomic mass is 10.0. The third kappa shape index (κ3) is 2.76. The number of rotatable bonds is 4. The highest BCUT2D eigenvalue weighted by atomic mass is 16.6. The number of benzene rings is 1. The molecule has 0 saturated carbocycles. The van der Waals surface area contributed by atoms with Crippen LogP contribution in [-0.4, -0.2) is 37.4 Å². The number of carbonyl (C=O) groups excluding carboxylic acids is 1. The number of methoxy groups -OCH3 is 1. The van der Waals surface area contributed by atoms with Gasteiger partial charge in [0.15, 0.2) is 17.5 Å². The Hall–Kier alpha value is -2.44. The molecular formula is C12H13N3O5. The van der Waals surface area contributed by atoms with Crippen molar-refractivity contribution in [2.45, 2.75) is 12.1 Å². The van der Waals surface area contributed by atoms with Crippen molar-refractivity contribution in [3.05, 3.63) is 34.2 Å². The number of nitrogens with zero attached hydrogens (tertiary/aromatic N) is 3. The van der Waals surface area contributed by atoms with Crippen molar-refractivity contribution in [2.24, 2.45) is 5.11 Å². The topological polar surface area (TPSA) is 114 Å². The van der Waals surface area contributed by atoms with Crippen LogP contribution in [-0.2, 0) is 9.53 Å². The minimum atomic E-state index is -1.35. The largest absolute Gasteiger partial charge is 0.486 e. The molecule has 106 valence electrons. The van der Waals surface area contributed by atoms with Crippen molar-refractivity contribution in [2.75, 3.05) is 20.3 Å². The maximum atomic E-state index is 11.5. The molecule has 1 heterocycles. The normalized spacial score (nSPS) is 15.7. The number of azide groups is 1. The van der Waals surface area contributed by atoms with Crippen LogP contribution in [0.1, 0.15) is 11.7 Å². The predicted octanol–water partition coefficient (Wildman–Crippen LogP) is 1.34. The van der Waals surface area contributed by atoms with Gasteiger partial charge in [0.1, 0.15) is 13.2 Å². The quantitative estimate of drug-likeness (QED) is 0.386. The van der Waals surface area contributed by atoms with E-state index in [0.717, 1.165) is 7.11 Å². The Morgan fingerprint density at radius 2 is 2.15 bits per heavy atom. The molecule has 1 aromatic carbocycles. The molecule has 1 N–H and O–H groups in total. The van der Waals surface area contributed by atoms with E-state index in [1.807, 2.05) is 0 Å². The van der Waals surface area contributed by atoms with E-state index in [1.54, 1.807) is 18.2 Å². The fourth-order valence-corrected chi connectivity index (χ4v) is 1.84. The maximum absolute atomic E-state index is 11.5. The molecule has 0 bridgehead atoms. The second kappa shape index (κ2) is 6.14. The lowest BCUT2D eigenvalue weighted by molar-refractivity contribution is -0.144. The monoisotopic (exact) mass is 279 g/mol. The van der Waals surface area contributed by atoms with Crippen molar-refractivity contribution < 1.29 is 24.1 Å². The number of esters is 1. The fourth-order valence-electron chi connectivity index (χ4n) is 1.84. The molecule has 1 aromatic rings. The highest BCUT2D eigenvalue weighted by Gasteiger charge is 2.29. The molecule has 2 rings (SSSR count). The van der Waals surface area contributed by atoms with Crippen molar-refractivity contribution >= 4 is 5.97 Å².